The first-order valence-corrected chi connectivity index (χ1v) is 4.63. The number of phenols is 1. The molecule has 12 heavy (non-hydrogen) atoms. The summed E-state index contributed by atoms with van der Waals surface area (Å²) >= 11 is 8.91. The molecule has 0 aromatic heterocycles. The van der Waals surface area contributed by atoms with E-state index in [1.807, 2.05) is 6.92 Å². The maximum atomic E-state index is 9.35. The van der Waals surface area contributed by atoms with Crippen molar-refractivity contribution in [3.8, 4) is 11.5 Å². The van der Waals surface area contributed by atoms with E-state index < -0.39 is 0 Å². The second-order valence-corrected chi connectivity index (χ2v) is 3.37. The summed E-state index contributed by atoms with van der Waals surface area (Å²) in [6, 6.07) is 3.39. The molecule has 0 fully saturated rings. The fourth-order valence-electron chi connectivity index (χ4n) is 0.789. The first-order valence-electron chi connectivity index (χ1n) is 3.46. The molecule has 1 rings (SSSR count). The van der Waals surface area contributed by atoms with Crippen molar-refractivity contribution in [3.05, 3.63) is 21.6 Å². The molecule has 0 atom stereocenters. The third-order valence-corrected chi connectivity index (χ3v) is 2.34. The summed E-state index contributed by atoms with van der Waals surface area (Å²) in [5.41, 5.74) is 0. The Bertz CT molecular complexity index is 289. The lowest BCUT2D eigenvalue weighted by Gasteiger charge is -2.07. The van der Waals surface area contributed by atoms with Crippen LogP contribution in [0.3, 0.4) is 0 Å². The number of halogens is 2. The molecule has 0 saturated carbocycles. The minimum absolute atomic E-state index is 0.0163. The Kier molecular flexibility index (Phi) is 3.23. The van der Waals surface area contributed by atoms with E-state index in [-0.39, 0.29) is 10.8 Å². The first kappa shape index (κ1) is 9.68. The number of phenolic OH excluding ortho intramolecular Hbond substituents is 1. The second-order valence-electron chi connectivity index (χ2n) is 2.14. The van der Waals surface area contributed by atoms with Gasteiger partial charge >= 0.3 is 0 Å². The molecule has 1 N–H and O–H groups in total. The Morgan fingerprint density at radius 1 is 1.58 bits per heavy atom. The molecular formula is C8H8BrClO2. The molecule has 1 aromatic rings. The van der Waals surface area contributed by atoms with Crippen LogP contribution < -0.4 is 4.74 Å². The molecule has 0 aliphatic rings. The predicted octanol–water partition coefficient (Wildman–Crippen LogP) is 3.21. The zero-order valence-electron chi connectivity index (χ0n) is 6.47. The van der Waals surface area contributed by atoms with Crippen molar-refractivity contribution in [1.29, 1.82) is 0 Å². The van der Waals surface area contributed by atoms with Crippen molar-refractivity contribution in [3.63, 3.8) is 0 Å². The topological polar surface area (TPSA) is 29.5 Å². The lowest BCUT2D eigenvalue weighted by atomic mass is 10.3. The van der Waals surface area contributed by atoms with Gasteiger partial charge in [0.15, 0.2) is 5.75 Å². The molecule has 0 unspecified atom stereocenters. The van der Waals surface area contributed by atoms with Crippen LogP contribution in [-0.4, -0.2) is 11.7 Å². The van der Waals surface area contributed by atoms with E-state index in [1.54, 1.807) is 12.1 Å². The third-order valence-electron chi connectivity index (χ3n) is 1.33. The van der Waals surface area contributed by atoms with Crippen LogP contribution in [-0.2, 0) is 0 Å². The summed E-state index contributed by atoms with van der Waals surface area (Å²) in [5.74, 6) is 0.516. The molecule has 0 saturated heterocycles. The molecule has 0 aliphatic carbocycles. The largest absolute Gasteiger partial charge is 0.505 e. The highest BCUT2D eigenvalue weighted by atomic mass is 79.9. The molecule has 66 valence electrons. The zero-order chi connectivity index (χ0) is 9.14. The number of benzene rings is 1. The van der Waals surface area contributed by atoms with Crippen LogP contribution in [0.4, 0.5) is 0 Å². The molecule has 4 heteroatoms. The van der Waals surface area contributed by atoms with Crippen LogP contribution in [0.5, 0.6) is 11.5 Å². The minimum Gasteiger partial charge on any atom is -0.505 e. The monoisotopic (exact) mass is 250 g/mol. The van der Waals surface area contributed by atoms with Gasteiger partial charge in [-0.25, -0.2) is 0 Å². The standard InChI is InChI=1S/C8H8BrClO2/c1-2-12-6-4-3-5(9)8(11)7(6)10/h3-4,11H,2H2,1H3. The Labute approximate surface area is 84.2 Å². The molecule has 0 aliphatic heterocycles. The Balaban J connectivity index is 3.08. The molecule has 0 radical (unpaired) electrons. The van der Waals surface area contributed by atoms with Gasteiger partial charge in [0.05, 0.1) is 11.1 Å². The highest BCUT2D eigenvalue weighted by molar-refractivity contribution is 9.10. The molecule has 2 nitrogen and oxygen atoms in total. The summed E-state index contributed by atoms with van der Waals surface area (Å²) in [4.78, 5) is 0. The van der Waals surface area contributed by atoms with Crippen molar-refractivity contribution in [1.82, 2.24) is 0 Å². The minimum atomic E-state index is 0.0163. The average Bonchev–Trinajstić information content (AvgIpc) is 2.07. The average molecular weight is 252 g/mol. The quantitative estimate of drug-likeness (QED) is 0.874. The fourth-order valence-corrected chi connectivity index (χ4v) is 1.45. The normalized spacial score (nSPS) is 9.92. The van der Waals surface area contributed by atoms with Gasteiger partial charge in [-0.1, -0.05) is 11.6 Å². The van der Waals surface area contributed by atoms with Gasteiger partial charge in [-0.15, -0.1) is 0 Å². The van der Waals surface area contributed by atoms with Crippen LogP contribution in [0.2, 0.25) is 5.02 Å². The van der Waals surface area contributed by atoms with E-state index in [2.05, 4.69) is 15.9 Å². The van der Waals surface area contributed by atoms with Gasteiger partial charge in [0, 0.05) is 0 Å². The van der Waals surface area contributed by atoms with Gasteiger partial charge in [-0.3, -0.25) is 0 Å². The van der Waals surface area contributed by atoms with E-state index in [1.165, 1.54) is 0 Å². The summed E-state index contributed by atoms with van der Waals surface area (Å²) in [6.07, 6.45) is 0. The predicted molar refractivity (Wildman–Crippen MR) is 52.0 cm³/mol. The van der Waals surface area contributed by atoms with E-state index in [9.17, 15) is 5.11 Å². The van der Waals surface area contributed by atoms with Crippen LogP contribution >= 0.6 is 27.5 Å². The highest BCUT2D eigenvalue weighted by Gasteiger charge is 2.08. The van der Waals surface area contributed by atoms with Crippen molar-refractivity contribution < 1.29 is 9.84 Å². The van der Waals surface area contributed by atoms with Gasteiger partial charge in [-0.05, 0) is 35.0 Å². The summed E-state index contributed by atoms with van der Waals surface area (Å²) in [7, 11) is 0. The molecule has 0 heterocycles. The lowest BCUT2D eigenvalue weighted by Crippen LogP contribution is -1.91. The SMILES string of the molecule is CCOc1ccc(Br)c(O)c1Cl. The Morgan fingerprint density at radius 2 is 2.25 bits per heavy atom. The number of hydrogen-bond donors (Lipinski definition) is 1. The number of rotatable bonds is 2. The van der Waals surface area contributed by atoms with Crippen LogP contribution in [0.1, 0.15) is 6.92 Å². The van der Waals surface area contributed by atoms with Gasteiger partial charge in [-0.2, -0.15) is 0 Å². The summed E-state index contributed by atoms with van der Waals surface area (Å²) in [5, 5.41) is 9.60. The van der Waals surface area contributed by atoms with E-state index in [0.29, 0.717) is 16.8 Å². The van der Waals surface area contributed by atoms with Crippen molar-refractivity contribution >= 4 is 27.5 Å². The van der Waals surface area contributed by atoms with Crippen LogP contribution in [0.25, 0.3) is 0 Å². The lowest BCUT2D eigenvalue weighted by molar-refractivity contribution is 0.338. The van der Waals surface area contributed by atoms with E-state index >= 15 is 0 Å². The molecule has 0 bridgehead atoms. The summed E-state index contributed by atoms with van der Waals surface area (Å²) < 4.78 is 5.73. The van der Waals surface area contributed by atoms with E-state index in [0.717, 1.165) is 0 Å². The van der Waals surface area contributed by atoms with Crippen molar-refractivity contribution in [2.75, 3.05) is 6.61 Å². The zero-order valence-corrected chi connectivity index (χ0v) is 8.82. The molecular weight excluding hydrogens is 243 g/mol. The second kappa shape index (κ2) is 4.01. The Hall–Kier alpha value is -0.410. The molecule has 1 aromatic carbocycles. The number of aromatic hydroxyl groups is 1. The van der Waals surface area contributed by atoms with Gasteiger partial charge in [0.25, 0.3) is 0 Å². The molecule has 0 spiro atoms. The van der Waals surface area contributed by atoms with Gasteiger partial charge in [0.2, 0.25) is 0 Å². The maximum absolute atomic E-state index is 9.35. The third kappa shape index (κ3) is 1.84. The van der Waals surface area contributed by atoms with Crippen molar-refractivity contribution in [2.45, 2.75) is 6.92 Å². The van der Waals surface area contributed by atoms with E-state index in [4.69, 9.17) is 16.3 Å². The molecule has 0 amide bonds. The van der Waals surface area contributed by atoms with Crippen molar-refractivity contribution in [2.24, 2.45) is 0 Å². The number of hydrogen-bond acceptors (Lipinski definition) is 2. The van der Waals surface area contributed by atoms with Gasteiger partial charge in [0.1, 0.15) is 10.8 Å². The smallest absolute Gasteiger partial charge is 0.152 e. The Morgan fingerprint density at radius 3 is 2.83 bits per heavy atom. The first-order chi connectivity index (χ1) is 5.66. The fraction of sp³-hybridized carbons (Fsp3) is 0.250. The highest BCUT2D eigenvalue weighted by Crippen LogP contribution is 2.38. The summed E-state index contributed by atoms with van der Waals surface area (Å²) in [6.45, 7) is 2.39. The van der Waals surface area contributed by atoms with Crippen LogP contribution in [0, 0.1) is 0 Å². The maximum Gasteiger partial charge on any atom is 0.152 e. The number of ether oxygens (including phenoxy) is 1. The van der Waals surface area contributed by atoms with Gasteiger partial charge < -0.3 is 9.84 Å². The van der Waals surface area contributed by atoms with Crippen LogP contribution in [0.15, 0.2) is 16.6 Å².